The largest absolute Gasteiger partial charge is 0.319 e. The summed E-state index contributed by atoms with van der Waals surface area (Å²) < 4.78 is 14.2. The van der Waals surface area contributed by atoms with Crippen molar-refractivity contribution in [3.63, 3.8) is 0 Å². The molecule has 0 fully saturated rings. The number of hydrogen-bond acceptors (Lipinski definition) is 1. The van der Waals surface area contributed by atoms with Gasteiger partial charge in [-0.3, -0.25) is 4.79 Å². The molecule has 2 nitrogen and oxygen atoms in total. The van der Waals surface area contributed by atoms with Crippen LogP contribution < -0.4 is 5.32 Å². The molecule has 0 radical (unpaired) electrons. The Morgan fingerprint density at radius 2 is 1.89 bits per heavy atom. The van der Waals surface area contributed by atoms with E-state index in [0.717, 1.165) is 0 Å². The minimum atomic E-state index is -0.534. The number of amides is 1. The Morgan fingerprint density at radius 3 is 2.53 bits per heavy atom. The second kappa shape index (κ2) is 5.90. The summed E-state index contributed by atoms with van der Waals surface area (Å²) in [5, 5.41) is 3.09. The standard InChI is InChI=1S/C13H7BrCl2FNO/c14-7-1-4-12(11(17)5-7)18-13(19)9-3-2-8(15)6-10(9)16/h1-6H,(H,18,19). The second-order valence-corrected chi connectivity index (χ2v) is 5.46. The summed E-state index contributed by atoms with van der Waals surface area (Å²) in [7, 11) is 0. The SMILES string of the molecule is O=C(Nc1ccc(Br)cc1F)c1ccc(Cl)cc1Cl. The molecule has 2 aromatic rings. The summed E-state index contributed by atoms with van der Waals surface area (Å²) in [6.07, 6.45) is 0. The van der Waals surface area contributed by atoms with Crippen LogP contribution in [0.4, 0.5) is 10.1 Å². The molecule has 0 saturated heterocycles. The van der Waals surface area contributed by atoms with Crippen molar-refractivity contribution in [1.29, 1.82) is 0 Å². The number of anilines is 1. The van der Waals surface area contributed by atoms with Crippen LogP contribution in [0.3, 0.4) is 0 Å². The van der Waals surface area contributed by atoms with Crippen molar-refractivity contribution < 1.29 is 9.18 Å². The normalized spacial score (nSPS) is 10.3. The van der Waals surface area contributed by atoms with Crippen LogP contribution in [0.5, 0.6) is 0 Å². The van der Waals surface area contributed by atoms with Gasteiger partial charge in [0, 0.05) is 9.50 Å². The molecule has 1 amide bonds. The van der Waals surface area contributed by atoms with E-state index in [4.69, 9.17) is 23.2 Å². The lowest BCUT2D eigenvalue weighted by Gasteiger charge is -2.08. The third-order valence-electron chi connectivity index (χ3n) is 2.36. The van der Waals surface area contributed by atoms with E-state index in [0.29, 0.717) is 9.50 Å². The molecule has 1 N–H and O–H groups in total. The Balaban J connectivity index is 2.25. The minimum absolute atomic E-state index is 0.0826. The van der Waals surface area contributed by atoms with Gasteiger partial charge in [-0.2, -0.15) is 0 Å². The number of benzene rings is 2. The molecule has 19 heavy (non-hydrogen) atoms. The Bertz CT molecular complexity index is 649. The highest BCUT2D eigenvalue weighted by Gasteiger charge is 2.13. The third-order valence-corrected chi connectivity index (χ3v) is 3.40. The van der Waals surface area contributed by atoms with Crippen LogP contribution in [0.25, 0.3) is 0 Å². The molecule has 0 aromatic heterocycles. The van der Waals surface area contributed by atoms with Gasteiger partial charge in [-0.1, -0.05) is 39.1 Å². The van der Waals surface area contributed by atoms with Gasteiger partial charge in [0.1, 0.15) is 5.82 Å². The molecule has 2 rings (SSSR count). The Labute approximate surface area is 127 Å². The minimum Gasteiger partial charge on any atom is -0.319 e. The van der Waals surface area contributed by atoms with E-state index in [-0.39, 0.29) is 16.3 Å². The number of hydrogen-bond donors (Lipinski definition) is 1. The van der Waals surface area contributed by atoms with Gasteiger partial charge in [0.05, 0.1) is 16.3 Å². The summed E-state index contributed by atoms with van der Waals surface area (Å²) in [4.78, 5) is 12.0. The topological polar surface area (TPSA) is 29.1 Å². The van der Waals surface area contributed by atoms with E-state index in [1.807, 2.05) is 0 Å². The smallest absolute Gasteiger partial charge is 0.257 e. The molecule has 6 heteroatoms. The first kappa shape index (κ1) is 14.3. The van der Waals surface area contributed by atoms with Gasteiger partial charge >= 0.3 is 0 Å². The number of carbonyl (C=O) groups excluding carboxylic acids is 1. The van der Waals surface area contributed by atoms with Crippen molar-refractivity contribution in [2.24, 2.45) is 0 Å². The highest BCUT2D eigenvalue weighted by Crippen LogP contribution is 2.24. The summed E-state index contributed by atoms with van der Waals surface area (Å²) in [6.45, 7) is 0. The van der Waals surface area contributed by atoms with Crippen molar-refractivity contribution in [3.8, 4) is 0 Å². The number of nitrogens with one attached hydrogen (secondary N) is 1. The second-order valence-electron chi connectivity index (χ2n) is 3.70. The average Bonchev–Trinajstić information content (AvgIpc) is 2.32. The molecule has 0 saturated carbocycles. The number of rotatable bonds is 2. The summed E-state index contributed by atoms with van der Waals surface area (Å²) in [5.74, 6) is -1.03. The monoisotopic (exact) mass is 361 g/mol. The highest BCUT2D eigenvalue weighted by molar-refractivity contribution is 9.10. The zero-order chi connectivity index (χ0) is 14.0. The molecule has 0 aliphatic heterocycles. The van der Waals surface area contributed by atoms with E-state index in [9.17, 15) is 9.18 Å². The van der Waals surface area contributed by atoms with Crippen molar-refractivity contribution in [1.82, 2.24) is 0 Å². The molecule has 98 valence electrons. The first-order valence-corrected chi connectivity index (χ1v) is 6.74. The fraction of sp³-hybridized carbons (Fsp3) is 0. The van der Waals surface area contributed by atoms with Crippen LogP contribution in [-0.2, 0) is 0 Å². The van der Waals surface area contributed by atoms with Gasteiger partial charge in [0.2, 0.25) is 0 Å². The van der Waals surface area contributed by atoms with Gasteiger partial charge in [-0.15, -0.1) is 0 Å². The highest BCUT2D eigenvalue weighted by atomic mass is 79.9. The fourth-order valence-corrected chi connectivity index (χ4v) is 2.28. The predicted molar refractivity (Wildman–Crippen MR) is 78.5 cm³/mol. The zero-order valence-electron chi connectivity index (χ0n) is 9.38. The van der Waals surface area contributed by atoms with Crippen LogP contribution in [0.15, 0.2) is 40.9 Å². The quantitative estimate of drug-likeness (QED) is 0.786. The molecule has 0 unspecified atom stereocenters. The van der Waals surface area contributed by atoms with Crippen LogP contribution in [0.1, 0.15) is 10.4 Å². The van der Waals surface area contributed by atoms with Crippen LogP contribution in [0, 0.1) is 5.82 Å². The Hall–Kier alpha value is -1.10. The van der Waals surface area contributed by atoms with Gasteiger partial charge < -0.3 is 5.32 Å². The maximum atomic E-state index is 13.6. The van der Waals surface area contributed by atoms with Crippen molar-refractivity contribution in [2.75, 3.05) is 5.32 Å². The molecule has 0 aliphatic rings. The fourth-order valence-electron chi connectivity index (χ4n) is 1.45. The van der Waals surface area contributed by atoms with Crippen LogP contribution in [-0.4, -0.2) is 5.91 Å². The lowest BCUT2D eigenvalue weighted by molar-refractivity contribution is 0.102. The molecular formula is C13H7BrCl2FNO. The van der Waals surface area contributed by atoms with Crippen LogP contribution >= 0.6 is 39.1 Å². The zero-order valence-corrected chi connectivity index (χ0v) is 12.5. The molecule has 0 aliphatic carbocycles. The number of halogens is 4. The molecule has 0 spiro atoms. The van der Waals surface area contributed by atoms with E-state index in [2.05, 4.69) is 21.2 Å². The van der Waals surface area contributed by atoms with E-state index >= 15 is 0 Å². The predicted octanol–water partition coefficient (Wildman–Crippen LogP) is 5.15. The lowest BCUT2D eigenvalue weighted by Crippen LogP contribution is -2.13. The van der Waals surface area contributed by atoms with E-state index in [1.54, 1.807) is 12.1 Å². The lowest BCUT2D eigenvalue weighted by atomic mass is 10.2. The summed E-state index contributed by atoms with van der Waals surface area (Å²) in [5.41, 5.74) is 0.313. The van der Waals surface area contributed by atoms with Gasteiger partial charge in [0.25, 0.3) is 5.91 Å². The van der Waals surface area contributed by atoms with Crippen LogP contribution in [0.2, 0.25) is 10.0 Å². The Kier molecular flexibility index (Phi) is 4.45. The van der Waals surface area contributed by atoms with E-state index < -0.39 is 11.7 Å². The molecule has 2 aromatic carbocycles. The maximum Gasteiger partial charge on any atom is 0.257 e. The van der Waals surface area contributed by atoms with Crippen molar-refractivity contribution in [3.05, 3.63) is 62.3 Å². The third kappa shape index (κ3) is 3.47. The van der Waals surface area contributed by atoms with Crippen molar-refractivity contribution >= 4 is 50.7 Å². The molecular weight excluding hydrogens is 356 g/mol. The van der Waals surface area contributed by atoms with Gasteiger partial charge in [-0.25, -0.2) is 4.39 Å². The first-order valence-electron chi connectivity index (χ1n) is 5.19. The average molecular weight is 363 g/mol. The maximum absolute atomic E-state index is 13.6. The molecule has 0 atom stereocenters. The Morgan fingerprint density at radius 1 is 1.16 bits per heavy atom. The van der Waals surface area contributed by atoms with Gasteiger partial charge in [0.15, 0.2) is 0 Å². The molecule has 0 heterocycles. The number of carbonyl (C=O) groups is 1. The molecule has 0 bridgehead atoms. The summed E-state index contributed by atoms with van der Waals surface area (Å²) >= 11 is 14.8. The van der Waals surface area contributed by atoms with Gasteiger partial charge in [-0.05, 0) is 36.4 Å². The first-order chi connectivity index (χ1) is 8.97. The van der Waals surface area contributed by atoms with E-state index in [1.165, 1.54) is 24.3 Å². The van der Waals surface area contributed by atoms with Crippen molar-refractivity contribution in [2.45, 2.75) is 0 Å². The summed E-state index contributed by atoms with van der Waals surface area (Å²) in [6, 6.07) is 8.83.